The van der Waals surface area contributed by atoms with Gasteiger partial charge in [0.2, 0.25) is 0 Å². The molecule has 0 aromatic heterocycles. The molecule has 1 N–H and O–H groups in total. The fourth-order valence-electron chi connectivity index (χ4n) is 2.80. The fourth-order valence-corrected chi connectivity index (χ4v) is 2.80. The van der Waals surface area contributed by atoms with Crippen molar-refractivity contribution in [2.45, 2.75) is 6.54 Å². The largest absolute Gasteiger partial charge is 0.465 e. The molecule has 0 bridgehead atoms. The number of hydrogen-bond donors (Lipinski definition) is 1. The van der Waals surface area contributed by atoms with E-state index in [1.165, 1.54) is 12.7 Å². The Kier molecular flexibility index (Phi) is 5.33. The molecule has 1 saturated heterocycles. The predicted octanol–water partition coefficient (Wildman–Crippen LogP) is 2.92. The fraction of sp³-hybridized carbons (Fsp3) is 0.316. The summed E-state index contributed by atoms with van der Waals surface area (Å²) in [6.07, 6.45) is 0. The molecule has 1 fully saturated rings. The lowest BCUT2D eigenvalue weighted by molar-refractivity contribution is 0.0600. The Labute approximate surface area is 142 Å². The Bertz CT molecular complexity index is 682. The minimum Gasteiger partial charge on any atom is -0.465 e. The molecule has 1 heterocycles. The maximum absolute atomic E-state index is 12.2. The van der Waals surface area contributed by atoms with Crippen molar-refractivity contribution >= 4 is 17.3 Å². The first-order chi connectivity index (χ1) is 11.8. The average molecular weight is 326 g/mol. The van der Waals surface area contributed by atoms with Crippen molar-refractivity contribution in [1.82, 2.24) is 0 Å². The molecule has 24 heavy (non-hydrogen) atoms. The SMILES string of the molecule is COC(=O)c1cc(NCc2ccccc2)ccc1N1CCOCC1. The van der Waals surface area contributed by atoms with Crippen molar-refractivity contribution in [2.24, 2.45) is 0 Å². The number of carbonyl (C=O) groups excluding carboxylic acids is 1. The lowest BCUT2D eigenvalue weighted by atomic mass is 10.1. The molecule has 0 saturated carbocycles. The zero-order chi connectivity index (χ0) is 16.8. The van der Waals surface area contributed by atoms with Crippen LogP contribution in [0.1, 0.15) is 15.9 Å². The summed E-state index contributed by atoms with van der Waals surface area (Å²) in [5, 5.41) is 3.36. The monoisotopic (exact) mass is 326 g/mol. The first-order valence-corrected chi connectivity index (χ1v) is 8.11. The molecular weight excluding hydrogens is 304 g/mol. The Hall–Kier alpha value is -2.53. The number of benzene rings is 2. The maximum atomic E-state index is 12.2. The Morgan fingerprint density at radius 2 is 1.92 bits per heavy atom. The number of nitrogens with zero attached hydrogens (tertiary/aromatic N) is 1. The summed E-state index contributed by atoms with van der Waals surface area (Å²) >= 11 is 0. The maximum Gasteiger partial charge on any atom is 0.340 e. The third-order valence-corrected chi connectivity index (χ3v) is 4.09. The molecule has 3 rings (SSSR count). The van der Waals surface area contributed by atoms with Crippen LogP contribution >= 0.6 is 0 Å². The van der Waals surface area contributed by atoms with Crippen molar-refractivity contribution in [2.75, 3.05) is 43.6 Å². The van der Waals surface area contributed by atoms with Crippen LogP contribution in [0.3, 0.4) is 0 Å². The molecule has 0 amide bonds. The number of rotatable bonds is 5. The van der Waals surface area contributed by atoms with Crippen LogP contribution in [0.2, 0.25) is 0 Å². The predicted molar refractivity (Wildman–Crippen MR) is 94.6 cm³/mol. The standard InChI is InChI=1S/C19H22N2O3/c1-23-19(22)17-13-16(20-14-15-5-3-2-4-6-15)7-8-18(17)21-9-11-24-12-10-21/h2-8,13,20H,9-12,14H2,1H3. The summed E-state index contributed by atoms with van der Waals surface area (Å²) in [5.74, 6) is -0.320. The highest BCUT2D eigenvalue weighted by molar-refractivity contribution is 5.97. The van der Waals surface area contributed by atoms with Gasteiger partial charge in [-0.2, -0.15) is 0 Å². The van der Waals surface area contributed by atoms with Crippen molar-refractivity contribution in [3.05, 3.63) is 59.7 Å². The third-order valence-electron chi connectivity index (χ3n) is 4.09. The number of methoxy groups -OCH3 is 1. The number of ether oxygens (including phenoxy) is 2. The van der Waals surface area contributed by atoms with Crippen molar-refractivity contribution in [1.29, 1.82) is 0 Å². The molecule has 0 aliphatic carbocycles. The zero-order valence-corrected chi connectivity index (χ0v) is 13.8. The summed E-state index contributed by atoms with van der Waals surface area (Å²) in [7, 11) is 1.41. The van der Waals surface area contributed by atoms with Gasteiger partial charge in [-0.05, 0) is 23.8 Å². The Balaban J connectivity index is 1.80. The van der Waals surface area contributed by atoms with Gasteiger partial charge in [-0.1, -0.05) is 30.3 Å². The van der Waals surface area contributed by atoms with Crippen molar-refractivity contribution < 1.29 is 14.3 Å². The van der Waals surface area contributed by atoms with E-state index < -0.39 is 0 Å². The summed E-state index contributed by atoms with van der Waals surface area (Å²) < 4.78 is 10.3. The number of esters is 1. The molecule has 2 aromatic rings. The second kappa shape index (κ2) is 7.84. The van der Waals surface area contributed by atoms with Crippen LogP contribution in [-0.4, -0.2) is 39.4 Å². The number of morpholine rings is 1. The van der Waals surface area contributed by atoms with E-state index in [1.807, 2.05) is 36.4 Å². The van der Waals surface area contributed by atoms with E-state index in [0.717, 1.165) is 24.5 Å². The molecule has 0 unspecified atom stereocenters. The molecular formula is C19H22N2O3. The van der Waals surface area contributed by atoms with Crippen LogP contribution in [0.4, 0.5) is 11.4 Å². The van der Waals surface area contributed by atoms with Crippen molar-refractivity contribution in [3.8, 4) is 0 Å². The zero-order valence-electron chi connectivity index (χ0n) is 13.8. The minimum atomic E-state index is -0.320. The van der Waals surface area contributed by atoms with Gasteiger partial charge in [0.05, 0.1) is 31.6 Å². The second-order valence-corrected chi connectivity index (χ2v) is 5.66. The topological polar surface area (TPSA) is 50.8 Å². The van der Waals surface area contributed by atoms with Crippen LogP contribution in [-0.2, 0) is 16.0 Å². The van der Waals surface area contributed by atoms with Gasteiger partial charge in [0, 0.05) is 25.3 Å². The van der Waals surface area contributed by atoms with Crippen LogP contribution < -0.4 is 10.2 Å². The number of hydrogen-bond acceptors (Lipinski definition) is 5. The Morgan fingerprint density at radius 3 is 2.62 bits per heavy atom. The van der Waals surface area contributed by atoms with Gasteiger partial charge in [0.1, 0.15) is 0 Å². The highest BCUT2D eigenvalue weighted by Crippen LogP contribution is 2.26. The second-order valence-electron chi connectivity index (χ2n) is 5.66. The Morgan fingerprint density at radius 1 is 1.17 bits per heavy atom. The molecule has 5 nitrogen and oxygen atoms in total. The lowest BCUT2D eigenvalue weighted by Crippen LogP contribution is -2.37. The van der Waals surface area contributed by atoms with Gasteiger partial charge in [0.15, 0.2) is 0 Å². The smallest absolute Gasteiger partial charge is 0.340 e. The summed E-state index contributed by atoms with van der Waals surface area (Å²) in [6, 6.07) is 16.0. The first-order valence-electron chi connectivity index (χ1n) is 8.11. The average Bonchev–Trinajstić information content (AvgIpc) is 2.67. The highest BCUT2D eigenvalue weighted by atomic mass is 16.5. The number of nitrogens with one attached hydrogen (secondary N) is 1. The molecule has 5 heteroatoms. The van der Waals surface area contributed by atoms with Gasteiger partial charge in [-0.25, -0.2) is 4.79 Å². The van der Waals surface area contributed by atoms with E-state index in [0.29, 0.717) is 25.3 Å². The molecule has 2 aromatic carbocycles. The molecule has 1 aliphatic rings. The van der Waals surface area contributed by atoms with E-state index in [4.69, 9.17) is 9.47 Å². The molecule has 0 spiro atoms. The van der Waals surface area contributed by atoms with Crippen LogP contribution in [0.25, 0.3) is 0 Å². The van der Waals surface area contributed by atoms with Gasteiger partial charge in [-0.15, -0.1) is 0 Å². The van der Waals surface area contributed by atoms with Gasteiger partial charge in [-0.3, -0.25) is 0 Å². The lowest BCUT2D eigenvalue weighted by Gasteiger charge is -2.30. The molecule has 0 atom stereocenters. The highest BCUT2D eigenvalue weighted by Gasteiger charge is 2.19. The van der Waals surface area contributed by atoms with E-state index in [2.05, 4.69) is 22.3 Å². The van der Waals surface area contributed by atoms with E-state index in [1.54, 1.807) is 0 Å². The van der Waals surface area contributed by atoms with E-state index in [9.17, 15) is 4.79 Å². The van der Waals surface area contributed by atoms with Gasteiger partial charge >= 0.3 is 5.97 Å². The first kappa shape index (κ1) is 16.3. The molecule has 1 aliphatic heterocycles. The van der Waals surface area contributed by atoms with Crippen LogP contribution in [0, 0.1) is 0 Å². The van der Waals surface area contributed by atoms with Gasteiger partial charge < -0.3 is 19.7 Å². The van der Waals surface area contributed by atoms with E-state index >= 15 is 0 Å². The third kappa shape index (κ3) is 3.86. The normalized spacial score (nSPS) is 14.3. The van der Waals surface area contributed by atoms with Gasteiger partial charge in [0.25, 0.3) is 0 Å². The summed E-state index contributed by atoms with van der Waals surface area (Å²) in [4.78, 5) is 14.4. The summed E-state index contributed by atoms with van der Waals surface area (Å²) in [5.41, 5.74) is 3.57. The van der Waals surface area contributed by atoms with Crippen LogP contribution in [0.15, 0.2) is 48.5 Å². The quantitative estimate of drug-likeness (QED) is 0.856. The molecule has 0 radical (unpaired) electrons. The van der Waals surface area contributed by atoms with Crippen molar-refractivity contribution in [3.63, 3.8) is 0 Å². The summed E-state index contributed by atoms with van der Waals surface area (Å²) in [6.45, 7) is 3.61. The van der Waals surface area contributed by atoms with E-state index in [-0.39, 0.29) is 5.97 Å². The number of anilines is 2. The number of carbonyl (C=O) groups is 1. The van der Waals surface area contributed by atoms with Crippen LogP contribution in [0.5, 0.6) is 0 Å². The molecule has 126 valence electrons. The minimum absolute atomic E-state index is 0.320.